The molecule has 2 nitrogen and oxygen atoms in total. The van der Waals surface area contributed by atoms with Gasteiger partial charge in [0.1, 0.15) is 5.75 Å². The molecular weight excluding hydrogens is 287 g/mol. The van der Waals surface area contributed by atoms with E-state index in [1.165, 1.54) is 17.0 Å². The van der Waals surface area contributed by atoms with Gasteiger partial charge in [-0.15, -0.1) is 24.5 Å². The molecule has 20 heavy (non-hydrogen) atoms. The molecule has 0 saturated carbocycles. The van der Waals surface area contributed by atoms with Gasteiger partial charge in [0.25, 0.3) is 0 Å². The van der Waals surface area contributed by atoms with Crippen LogP contribution in [0, 0.1) is 0 Å². The fraction of sp³-hybridized carbons (Fsp3) is 0.286. The topological polar surface area (TPSA) is 21.3 Å². The summed E-state index contributed by atoms with van der Waals surface area (Å²) in [5.74, 6) is -0.201. The van der Waals surface area contributed by atoms with Crippen molar-refractivity contribution in [1.29, 1.82) is 0 Å². The highest BCUT2D eigenvalue weighted by Crippen LogP contribution is 2.23. The fourth-order valence-corrected chi connectivity index (χ4v) is 2.48. The Morgan fingerprint density at radius 1 is 1.20 bits per heavy atom. The number of benzene rings is 1. The Kier molecular flexibility index (Phi) is 4.67. The minimum Gasteiger partial charge on any atom is -0.406 e. The number of hydrogen-bond acceptors (Lipinski definition) is 3. The van der Waals surface area contributed by atoms with Crippen LogP contribution in [0.1, 0.15) is 23.4 Å². The molecule has 1 heterocycles. The van der Waals surface area contributed by atoms with Crippen molar-refractivity contribution in [2.24, 2.45) is 0 Å². The number of alkyl halides is 3. The van der Waals surface area contributed by atoms with Gasteiger partial charge in [0.15, 0.2) is 0 Å². The van der Waals surface area contributed by atoms with Gasteiger partial charge in [-0.05, 0) is 36.1 Å². The Bertz CT molecular complexity index is 522. The molecule has 0 amide bonds. The highest BCUT2D eigenvalue weighted by Gasteiger charge is 2.30. The first-order chi connectivity index (χ1) is 9.44. The Balaban J connectivity index is 1.88. The third kappa shape index (κ3) is 4.54. The van der Waals surface area contributed by atoms with Crippen LogP contribution in [0.3, 0.4) is 0 Å². The normalized spacial score (nSPS) is 13.2. The van der Waals surface area contributed by atoms with Crippen molar-refractivity contribution in [1.82, 2.24) is 5.32 Å². The first-order valence-electron chi connectivity index (χ1n) is 6.05. The number of halogens is 3. The molecule has 1 N–H and O–H groups in total. The molecule has 1 aromatic heterocycles. The summed E-state index contributed by atoms with van der Waals surface area (Å²) in [5.41, 5.74) is 0.905. The quantitative estimate of drug-likeness (QED) is 0.878. The van der Waals surface area contributed by atoms with Crippen LogP contribution in [0.4, 0.5) is 13.2 Å². The number of thiophene rings is 1. The van der Waals surface area contributed by atoms with Crippen molar-refractivity contribution in [2.75, 3.05) is 0 Å². The van der Waals surface area contributed by atoms with E-state index in [1.807, 2.05) is 24.4 Å². The molecule has 2 aromatic rings. The van der Waals surface area contributed by atoms with Gasteiger partial charge in [-0.25, -0.2) is 0 Å². The van der Waals surface area contributed by atoms with E-state index in [4.69, 9.17) is 0 Å². The Labute approximate surface area is 119 Å². The standard InChI is InChI=1S/C14H14F3NOS/c1-10(13-3-2-8-20-13)18-9-11-4-6-12(7-5-11)19-14(15,16)17/h2-8,10,18H,9H2,1H3/t10-/m1/s1. The van der Waals surface area contributed by atoms with E-state index in [1.54, 1.807) is 23.5 Å². The van der Waals surface area contributed by atoms with Gasteiger partial charge < -0.3 is 10.1 Å². The minimum absolute atomic E-state index is 0.201. The second-order valence-corrected chi connectivity index (χ2v) is 5.29. The van der Waals surface area contributed by atoms with Crippen LogP contribution >= 0.6 is 11.3 Å². The Hall–Kier alpha value is -1.53. The summed E-state index contributed by atoms with van der Waals surface area (Å²) >= 11 is 1.67. The molecule has 0 radical (unpaired) electrons. The van der Waals surface area contributed by atoms with Gasteiger partial charge in [0.2, 0.25) is 0 Å². The molecule has 0 saturated heterocycles. The van der Waals surface area contributed by atoms with E-state index in [2.05, 4.69) is 10.1 Å². The molecule has 0 spiro atoms. The van der Waals surface area contributed by atoms with E-state index in [0.29, 0.717) is 6.54 Å². The molecule has 0 unspecified atom stereocenters. The summed E-state index contributed by atoms with van der Waals surface area (Å²) in [6.07, 6.45) is -4.65. The lowest BCUT2D eigenvalue weighted by Crippen LogP contribution is -2.18. The zero-order chi connectivity index (χ0) is 14.6. The van der Waals surface area contributed by atoms with Crippen molar-refractivity contribution < 1.29 is 17.9 Å². The Morgan fingerprint density at radius 3 is 2.45 bits per heavy atom. The predicted octanol–water partition coefficient (Wildman–Crippen LogP) is 4.50. The average molecular weight is 301 g/mol. The summed E-state index contributed by atoms with van der Waals surface area (Å²) in [4.78, 5) is 1.22. The van der Waals surface area contributed by atoms with E-state index in [9.17, 15) is 13.2 Å². The second kappa shape index (κ2) is 6.28. The number of nitrogens with one attached hydrogen (secondary N) is 1. The van der Waals surface area contributed by atoms with Crippen molar-refractivity contribution in [2.45, 2.75) is 25.9 Å². The van der Waals surface area contributed by atoms with Crippen molar-refractivity contribution in [3.8, 4) is 5.75 Å². The molecule has 1 aromatic carbocycles. The van der Waals surface area contributed by atoms with Gasteiger partial charge in [0, 0.05) is 17.5 Å². The van der Waals surface area contributed by atoms with Crippen LogP contribution < -0.4 is 10.1 Å². The molecule has 1 atom stereocenters. The van der Waals surface area contributed by atoms with E-state index in [0.717, 1.165) is 5.56 Å². The summed E-state index contributed by atoms with van der Waals surface area (Å²) < 4.78 is 39.9. The average Bonchev–Trinajstić information content (AvgIpc) is 2.89. The van der Waals surface area contributed by atoms with Crippen LogP contribution in [-0.2, 0) is 6.54 Å². The van der Waals surface area contributed by atoms with Crippen LogP contribution in [0.5, 0.6) is 5.75 Å². The van der Waals surface area contributed by atoms with Gasteiger partial charge in [-0.1, -0.05) is 18.2 Å². The Morgan fingerprint density at radius 2 is 1.90 bits per heavy atom. The smallest absolute Gasteiger partial charge is 0.406 e. The fourth-order valence-electron chi connectivity index (χ4n) is 1.72. The van der Waals surface area contributed by atoms with E-state index < -0.39 is 6.36 Å². The summed E-state index contributed by atoms with van der Waals surface area (Å²) in [7, 11) is 0. The maximum absolute atomic E-state index is 12.0. The lowest BCUT2D eigenvalue weighted by Gasteiger charge is -2.13. The zero-order valence-electron chi connectivity index (χ0n) is 10.8. The van der Waals surface area contributed by atoms with Gasteiger partial charge >= 0.3 is 6.36 Å². The SMILES string of the molecule is C[C@@H](NCc1ccc(OC(F)(F)F)cc1)c1cccs1. The highest BCUT2D eigenvalue weighted by molar-refractivity contribution is 7.10. The van der Waals surface area contributed by atoms with E-state index in [-0.39, 0.29) is 11.8 Å². The molecule has 108 valence electrons. The molecule has 0 aliphatic heterocycles. The van der Waals surface area contributed by atoms with Gasteiger partial charge in [0.05, 0.1) is 0 Å². The maximum atomic E-state index is 12.0. The summed E-state index contributed by atoms with van der Waals surface area (Å²) in [6, 6.07) is 10.1. The van der Waals surface area contributed by atoms with Crippen LogP contribution in [0.25, 0.3) is 0 Å². The molecular formula is C14H14F3NOS. The number of ether oxygens (including phenoxy) is 1. The predicted molar refractivity (Wildman–Crippen MR) is 72.7 cm³/mol. The van der Waals surface area contributed by atoms with Gasteiger partial charge in [-0.2, -0.15) is 0 Å². The van der Waals surface area contributed by atoms with Crippen LogP contribution in [0.15, 0.2) is 41.8 Å². The molecule has 2 rings (SSSR count). The first-order valence-corrected chi connectivity index (χ1v) is 6.93. The number of hydrogen-bond donors (Lipinski definition) is 1. The zero-order valence-corrected chi connectivity index (χ0v) is 11.6. The second-order valence-electron chi connectivity index (χ2n) is 4.31. The molecule has 0 bridgehead atoms. The van der Waals surface area contributed by atoms with Gasteiger partial charge in [-0.3, -0.25) is 0 Å². The highest BCUT2D eigenvalue weighted by atomic mass is 32.1. The molecule has 0 fully saturated rings. The lowest BCUT2D eigenvalue weighted by atomic mass is 10.2. The summed E-state index contributed by atoms with van der Waals surface area (Å²) in [5, 5.41) is 5.33. The molecule has 0 aliphatic rings. The molecule has 0 aliphatic carbocycles. The first kappa shape index (κ1) is 14.9. The maximum Gasteiger partial charge on any atom is 0.573 e. The third-order valence-electron chi connectivity index (χ3n) is 2.74. The van der Waals surface area contributed by atoms with Crippen molar-refractivity contribution >= 4 is 11.3 Å². The third-order valence-corrected chi connectivity index (χ3v) is 3.79. The largest absolute Gasteiger partial charge is 0.573 e. The van der Waals surface area contributed by atoms with E-state index >= 15 is 0 Å². The monoisotopic (exact) mass is 301 g/mol. The minimum atomic E-state index is -4.65. The number of rotatable bonds is 5. The summed E-state index contributed by atoms with van der Waals surface area (Å²) in [6.45, 7) is 2.64. The van der Waals surface area contributed by atoms with Crippen molar-refractivity contribution in [3.05, 3.63) is 52.2 Å². The molecule has 6 heteroatoms. The van der Waals surface area contributed by atoms with Crippen LogP contribution in [0.2, 0.25) is 0 Å². The van der Waals surface area contributed by atoms with Crippen LogP contribution in [-0.4, -0.2) is 6.36 Å². The van der Waals surface area contributed by atoms with Crippen molar-refractivity contribution in [3.63, 3.8) is 0 Å². The lowest BCUT2D eigenvalue weighted by molar-refractivity contribution is -0.274.